The van der Waals surface area contributed by atoms with Gasteiger partial charge in [0.15, 0.2) is 0 Å². The van der Waals surface area contributed by atoms with Crippen molar-refractivity contribution in [2.45, 2.75) is 19.0 Å². The summed E-state index contributed by atoms with van der Waals surface area (Å²) in [6.45, 7) is -0.0377. The monoisotopic (exact) mass is 238 g/mol. The van der Waals surface area contributed by atoms with E-state index in [2.05, 4.69) is 0 Å². The minimum Gasteiger partial charge on any atom is -0.396 e. The average molecular weight is 239 g/mol. The second-order valence-corrected chi connectivity index (χ2v) is 3.55. The number of alkyl halides is 3. The number of hydrogen-bond donors (Lipinski definition) is 1. The van der Waals surface area contributed by atoms with Crippen LogP contribution in [0.4, 0.5) is 13.2 Å². The molecule has 1 rings (SSSR count). The highest BCUT2D eigenvalue weighted by Gasteiger charge is 2.33. The summed E-state index contributed by atoms with van der Waals surface area (Å²) in [5.41, 5.74) is -0.291. The van der Waals surface area contributed by atoms with Crippen LogP contribution in [-0.2, 0) is 12.6 Å². The Labute approximate surface area is 90.5 Å². The lowest BCUT2D eigenvalue weighted by molar-refractivity contribution is -0.137. The third-order valence-corrected chi connectivity index (χ3v) is 2.29. The maximum Gasteiger partial charge on any atom is 0.417 e. The van der Waals surface area contributed by atoms with E-state index in [0.29, 0.717) is 18.4 Å². The lowest BCUT2D eigenvalue weighted by atomic mass is 10.1. The summed E-state index contributed by atoms with van der Waals surface area (Å²) in [5.74, 6) is 0. The zero-order chi connectivity index (χ0) is 11.5. The van der Waals surface area contributed by atoms with Gasteiger partial charge in [-0.3, -0.25) is 0 Å². The van der Waals surface area contributed by atoms with Crippen LogP contribution in [0.3, 0.4) is 0 Å². The van der Waals surface area contributed by atoms with Crippen molar-refractivity contribution in [3.63, 3.8) is 0 Å². The molecule has 1 aromatic rings. The Morgan fingerprint density at radius 1 is 1.27 bits per heavy atom. The van der Waals surface area contributed by atoms with Gasteiger partial charge in [0.25, 0.3) is 0 Å². The quantitative estimate of drug-likeness (QED) is 0.857. The van der Waals surface area contributed by atoms with Crippen molar-refractivity contribution < 1.29 is 18.3 Å². The molecule has 0 radical (unpaired) electrons. The highest BCUT2D eigenvalue weighted by Crippen LogP contribution is 2.35. The lowest BCUT2D eigenvalue weighted by Crippen LogP contribution is -2.06. The van der Waals surface area contributed by atoms with Crippen LogP contribution in [0, 0.1) is 0 Å². The molecule has 0 unspecified atom stereocenters. The van der Waals surface area contributed by atoms with E-state index in [4.69, 9.17) is 16.7 Å². The number of aliphatic hydroxyl groups excluding tert-OH is 1. The molecule has 0 fully saturated rings. The van der Waals surface area contributed by atoms with E-state index < -0.39 is 11.7 Å². The molecule has 0 heterocycles. The second kappa shape index (κ2) is 4.86. The predicted molar refractivity (Wildman–Crippen MR) is 51.9 cm³/mol. The molecule has 5 heteroatoms. The highest BCUT2D eigenvalue weighted by atomic mass is 35.5. The van der Waals surface area contributed by atoms with E-state index in [1.54, 1.807) is 0 Å². The SMILES string of the molecule is OCCCc1ccc(Cl)c(C(F)(F)F)c1. The second-order valence-electron chi connectivity index (χ2n) is 3.14. The number of aryl methyl sites for hydroxylation is 1. The van der Waals surface area contributed by atoms with Crippen molar-refractivity contribution >= 4 is 11.6 Å². The van der Waals surface area contributed by atoms with Crippen LogP contribution >= 0.6 is 11.6 Å². The molecule has 0 amide bonds. The van der Waals surface area contributed by atoms with Gasteiger partial charge in [0.2, 0.25) is 0 Å². The molecule has 0 aliphatic carbocycles. The van der Waals surface area contributed by atoms with Crippen LogP contribution in [0.2, 0.25) is 5.02 Å². The summed E-state index contributed by atoms with van der Waals surface area (Å²) < 4.78 is 37.3. The standard InChI is InChI=1S/C10H10ClF3O/c11-9-4-3-7(2-1-5-15)6-8(9)10(12,13)14/h3-4,6,15H,1-2,5H2. The summed E-state index contributed by atoms with van der Waals surface area (Å²) in [6, 6.07) is 3.79. The first-order valence-electron chi connectivity index (χ1n) is 4.41. The first-order chi connectivity index (χ1) is 6.95. The molecule has 84 valence electrons. The van der Waals surface area contributed by atoms with E-state index >= 15 is 0 Å². The molecule has 1 aromatic carbocycles. The molecule has 0 aromatic heterocycles. The minimum atomic E-state index is -4.42. The third kappa shape index (κ3) is 3.39. The molecule has 15 heavy (non-hydrogen) atoms. The molecule has 0 spiro atoms. The molecule has 0 saturated heterocycles. The minimum absolute atomic E-state index is 0.0377. The van der Waals surface area contributed by atoms with Crippen molar-refractivity contribution in [3.05, 3.63) is 34.3 Å². The Morgan fingerprint density at radius 3 is 2.47 bits per heavy atom. The number of rotatable bonds is 3. The molecular formula is C10H10ClF3O. The van der Waals surface area contributed by atoms with Gasteiger partial charge in [-0.25, -0.2) is 0 Å². The largest absolute Gasteiger partial charge is 0.417 e. The van der Waals surface area contributed by atoms with E-state index in [0.717, 1.165) is 6.07 Å². The predicted octanol–water partition coefficient (Wildman–Crippen LogP) is 3.28. The lowest BCUT2D eigenvalue weighted by Gasteiger charge is -2.10. The Hall–Kier alpha value is -0.740. The fourth-order valence-corrected chi connectivity index (χ4v) is 1.45. The highest BCUT2D eigenvalue weighted by molar-refractivity contribution is 6.31. The van der Waals surface area contributed by atoms with Crippen molar-refractivity contribution in [2.24, 2.45) is 0 Å². The van der Waals surface area contributed by atoms with Crippen LogP contribution in [0.25, 0.3) is 0 Å². The number of benzene rings is 1. The molecule has 0 bridgehead atoms. The maximum atomic E-state index is 12.4. The first kappa shape index (κ1) is 12.3. The smallest absolute Gasteiger partial charge is 0.396 e. The average Bonchev–Trinajstić information content (AvgIpc) is 2.15. The van der Waals surface area contributed by atoms with E-state index in [1.165, 1.54) is 12.1 Å². The van der Waals surface area contributed by atoms with Gasteiger partial charge in [-0.2, -0.15) is 13.2 Å². The summed E-state index contributed by atoms with van der Waals surface area (Å²) in [4.78, 5) is 0. The zero-order valence-corrected chi connectivity index (χ0v) is 8.57. The van der Waals surface area contributed by atoms with Gasteiger partial charge in [-0.1, -0.05) is 17.7 Å². The zero-order valence-electron chi connectivity index (χ0n) is 7.81. The van der Waals surface area contributed by atoms with Gasteiger partial charge < -0.3 is 5.11 Å². The molecular weight excluding hydrogens is 229 g/mol. The van der Waals surface area contributed by atoms with Crippen molar-refractivity contribution in [2.75, 3.05) is 6.61 Å². The van der Waals surface area contributed by atoms with E-state index in [1.807, 2.05) is 0 Å². The van der Waals surface area contributed by atoms with Gasteiger partial charge >= 0.3 is 6.18 Å². The molecule has 0 saturated carbocycles. The van der Waals surface area contributed by atoms with Crippen molar-refractivity contribution in [3.8, 4) is 0 Å². The molecule has 0 atom stereocenters. The number of hydrogen-bond acceptors (Lipinski definition) is 1. The Bertz CT molecular complexity index is 336. The van der Waals surface area contributed by atoms with Crippen LogP contribution in [0.15, 0.2) is 18.2 Å². The normalized spacial score (nSPS) is 11.8. The van der Waals surface area contributed by atoms with Gasteiger partial charge in [0, 0.05) is 6.61 Å². The van der Waals surface area contributed by atoms with Gasteiger partial charge in [-0.15, -0.1) is 0 Å². The van der Waals surface area contributed by atoms with Crippen molar-refractivity contribution in [1.29, 1.82) is 0 Å². The van der Waals surface area contributed by atoms with E-state index in [-0.39, 0.29) is 11.6 Å². The third-order valence-electron chi connectivity index (χ3n) is 1.96. The van der Waals surface area contributed by atoms with E-state index in [9.17, 15) is 13.2 Å². The number of halogens is 4. The Kier molecular flexibility index (Phi) is 3.99. The van der Waals surface area contributed by atoms with Crippen LogP contribution in [0.1, 0.15) is 17.5 Å². The summed E-state index contributed by atoms with van der Waals surface area (Å²) in [6.07, 6.45) is -3.57. The Morgan fingerprint density at radius 2 is 1.93 bits per heavy atom. The topological polar surface area (TPSA) is 20.2 Å². The van der Waals surface area contributed by atoms with Gasteiger partial charge in [-0.05, 0) is 30.5 Å². The summed E-state index contributed by atoms with van der Waals surface area (Å²) in [7, 11) is 0. The fourth-order valence-electron chi connectivity index (χ4n) is 1.23. The first-order valence-corrected chi connectivity index (χ1v) is 4.79. The molecule has 1 nitrogen and oxygen atoms in total. The fraction of sp³-hybridized carbons (Fsp3) is 0.400. The molecule has 0 aliphatic heterocycles. The molecule has 1 N–H and O–H groups in total. The summed E-state index contributed by atoms with van der Waals surface area (Å²) >= 11 is 5.45. The summed E-state index contributed by atoms with van der Waals surface area (Å²) in [5, 5.41) is 8.27. The Balaban J connectivity index is 2.95. The van der Waals surface area contributed by atoms with Crippen LogP contribution < -0.4 is 0 Å². The van der Waals surface area contributed by atoms with Crippen molar-refractivity contribution in [1.82, 2.24) is 0 Å². The molecule has 0 aliphatic rings. The van der Waals surface area contributed by atoms with Crippen LogP contribution in [-0.4, -0.2) is 11.7 Å². The maximum absolute atomic E-state index is 12.4. The van der Waals surface area contributed by atoms with Gasteiger partial charge in [0.1, 0.15) is 0 Å². The van der Waals surface area contributed by atoms with Crippen LogP contribution in [0.5, 0.6) is 0 Å². The van der Waals surface area contributed by atoms with Gasteiger partial charge in [0.05, 0.1) is 10.6 Å². The number of aliphatic hydroxyl groups is 1.